The summed E-state index contributed by atoms with van der Waals surface area (Å²) in [5.74, 6) is 1.12. The molecule has 1 aromatic carbocycles. The van der Waals surface area contributed by atoms with E-state index >= 15 is 0 Å². The highest BCUT2D eigenvalue weighted by Crippen LogP contribution is 2.37. The topological polar surface area (TPSA) is 65.3 Å². The minimum Gasteiger partial charge on any atom is -0.496 e. The van der Waals surface area contributed by atoms with Crippen molar-refractivity contribution in [2.75, 3.05) is 26.8 Å². The monoisotopic (exact) mass is 246 g/mol. The Morgan fingerprint density at radius 2 is 2.28 bits per heavy atom. The van der Waals surface area contributed by atoms with Crippen molar-refractivity contribution in [3.8, 4) is 11.8 Å². The third-order valence-corrected chi connectivity index (χ3v) is 3.48. The summed E-state index contributed by atoms with van der Waals surface area (Å²) < 4.78 is 5.49. The first-order valence-electron chi connectivity index (χ1n) is 6.15. The fourth-order valence-corrected chi connectivity index (χ4v) is 2.48. The van der Waals surface area contributed by atoms with Crippen LogP contribution in [-0.4, -0.2) is 31.9 Å². The van der Waals surface area contributed by atoms with Gasteiger partial charge in [0.2, 0.25) is 0 Å². The number of hydrogen-bond donors (Lipinski definition) is 2. The van der Waals surface area contributed by atoms with E-state index < -0.39 is 0 Å². The molecular formula is C14H18N2O2. The highest BCUT2D eigenvalue weighted by Gasteiger charge is 2.28. The van der Waals surface area contributed by atoms with Crippen molar-refractivity contribution in [3.63, 3.8) is 0 Å². The molecule has 1 aliphatic heterocycles. The Morgan fingerprint density at radius 1 is 1.56 bits per heavy atom. The molecule has 1 heterocycles. The molecule has 1 aromatic rings. The molecule has 1 fully saturated rings. The van der Waals surface area contributed by atoms with Crippen LogP contribution in [0.5, 0.6) is 5.75 Å². The Morgan fingerprint density at radius 3 is 2.72 bits per heavy atom. The maximum atomic E-state index is 9.33. The number of hydrogen-bond acceptors (Lipinski definition) is 4. The molecule has 1 saturated heterocycles. The second-order valence-electron chi connectivity index (χ2n) is 4.62. The van der Waals surface area contributed by atoms with Gasteiger partial charge >= 0.3 is 0 Å². The van der Waals surface area contributed by atoms with E-state index in [4.69, 9.17) is 9.84 Å². The van der Waals surface area contributed by atoms with E-state index in [-0.39, 0.29) is 6.61 Å². The number of aliphatic hydroxyl groups excluding tert-OH is 1. The van der Waals surface area contributed by atoms with Crippen LogP contribution >= 0.6 is 0 Å². The van der Waals surface area contributed by atoms with Crippen LogP contribution in [0, 0.1) is 18.3 Å². The summed E-state index contributed by atoms with van der Waals surface area (Å²) in [5.41, 5.74) is 3.67. The molecule has 96 valence electrons. The number of ether oxygens (including phenoxy) is 1. The Bertz CT molecular complexity index is 488. The van der Waals surface area contributed by atoms with E-state index in [0.717, 1.165) is 41.1 Å². The van der Waals surface area contributed by atoms with Crippen LogP contribution in [0.25, 0.3) is 0 Å². The number of methoxy groups -OCH3 is 1. The number of rotatable bonds is 4. The van der Waals surface area contributed by atoms with Gasteiger partial charge in [0.05, 0.1) is 18.7 Å². The normalized spacial score (nSPS) is 15.0. The van der Waals surface area contributed by atoms with Crippen molar-refractivity contribution < 1.29 is 9.84 Å². The predicted molar refractivity (Wildman–Crippen MR) is 68.8 cm³/mol. The summed E-state index contributed by atoms with van der Waals surface area (Å²) in [4.78, 5) is 0. The molecule has 0 unspecified atom stereocenters. The first-order chi connectivity index (χ1) is 8.72. The van der Waals surface area contributed by atoms with Gasteiger partial charge in [0.15, 0.2) is 0 Å². The Balaban J connectivity index is 2.59. The summed E-state index contributed by atoms with van der Waals surface area (Å²) in [6.07, 6.45) is 0.558. The maximum absolute atomic E-state index is 9.33. The van der Waals surface area contributed by atoms with Gasteiger partial charge in [-0.3, -0.25) is 0 Å². The van der Waals surface area contributed by atoms with Gasteiger partial charge in [0.25, 0.3) is 0 Å². The van der Waals surface area contributed by atoms with Gasteiger partial charge in [-0.2, -0.15) is 5.26 Å². The Kier molecular flexibility index (Phi) is 3.85. The molecule has 0 amide bonds. The number of nitrogens with zero attached hydrogens (tertiary/aromatic N) is 1. The molecule has 4 nitrogen and oxygen atoms in total. The number of nitriles is 1. The predicted octanol–water partition coefficient (Wildman–Crippen LogP) is 1.10. The average Bonchev–Trinajstić information content (AvgIpc) is 2.27. The van der Waals surface area contributed by atoms with Crippen LogP contribution in [0.2, 0.25) is 0 Å². The highest BCUT2D eigenvalue weighted by molar-refractivity contribution is 5.57. The van der Waals surface area contributed by atoms with E-state index in [1.165, 1.54) is 0 Å². The second kappa shape index (κ2) is 5.38. The van der Waals surface area contributed by atoms with E-state index in [9.17, 15) is 5.26 Å². The summed E-state index contributed by atoms with van der Waals surface area (Å²) in [5, 5.41) is 21.7. The lowest BCUT2D eigenvalue weighted by atomic mass is 9.85. The molecule has 0 radical (unpaired) electrons. The lowest BCUT2D eigenvalue weighted by molar-refractivity contribution is 0.296. The Labute approximate surface area is 107 Å². The third-order valence-electron chi connectivity index (χ3n) is 3.48. The summed E-state index contributed by atoms with van der Waals surface area (Å²) in [6, 6.07) is 4.23. The van der Waals surface area contributed by atoms with Gasteiger partial charge in [-0.05, 0) is 24.5 Å². The number of benzene rings is 1. The van der Waals surface area contributed by atoms with Gasteiger partial charge in [0.1, 0.15) is 5.75 Å². The van der Waals surface area contributed by atoms with Crippen LogP contribution in [0.3, 0.4) is 0 Å². The zero-order chi connectivity index (χ0) is 13.1. The van der Waals surface area contributed by atoms with E-state index in [2.05, 4.69) is 11.4 Å². The molecule has 1 aliphatic rings. The molecule has 4 heteroatoms. The quantitative estimate of drug-likeness (QED) is 0.835. The van der Waals surface area contributed by atoms with Crippen molar-refractivity contribution in [2.45, 2.75) is 19.3 Å². The van der Waals surface area contributed by atoms with E-state index in [1.807, 2.05) is 13.0 Å². The van der Waals surface area contributed by atoms with Gasteiger partial charge in [-0.1, -0.05) is 6.07 Å². The molecule has 2 N–H and O–H groups in total. The molecule has 0 aliphatic carbocycles. The smallest absolute Gasteiger partial charge is 0.127 e. The molecule has 0 saturated carbocycles. The van der Waals surface area contributed by atoms with Gasteiger partial charge in [-0.15, -0.1) is 0 Å². The van der Waals surface area contributed by atoms with Crippen LogP contribution in [0.15, 0.2) is 6.07 Å². The third kappa shape index (κ3) is 2.07. The van der Waals surface area contributed by atoms with Crippen LogP contribution < -0.4 is 10.1 Å². The fourth-order valence-electron chi connectivity index (χ4n) is 2.48. The van der Waals surface area contributed by atoms with E-state index in [1.54, 1.807) is 7.11 Å². The molecule has 0 spiro atoms. The first-order valence-corrected chi connectivity index (χ1v) is 6.15. The summed E-state index contributed by atoms with van der Waals surface area (Å²) in [6.45, 7) is 3.79. The lowest BCUT2D eigenvalue weighted by Gasteiger charge is -2.31. The fraction of sp³-hybridized carbons (Fsp3) is 0.500. The average molecular weight is 246 g/mol. The van der Waals surface area contributed by atoms with Crippen molar-refractivity contribution in [1.29, 1.82) is 5.26 Å². The zero-order valence-electron chi connectivity index (χ0n) is 10.8. The molecule has 0 bridgehead atoms. The molecule has 18 heavy (non-hydrogen) atoms. The standard InChI is InChI=1S/C14H18N2O2/c1-9-5-10(3-4-17)14(18-2)13(12(9)6-15)11-7-16-8-11/h5,11,16-17H,3-4,7-8H2,1-2H3. The zero-order valence-corrected chi connectivity index (χ0v) is 10.8. The first kappa shape index (κ1) is 12.9. The number of nitrogens with one attached hydrogen (secondary N) is 1. The lowest BCUT2D eigenvalue weighted by Crippen LogP contribution is -2.40. The Hall–Kier alpha value is -1.57. The van der Waals surface area contributed by atoms with E-state index in [0.29, 0.717) is 12.3 Å². The second-order valence-corrected chi connectivity index (χ2v) is 4.62. The van der Waals surface area contributed by atoms with Crippen LogP contribution in [0.4, 0.5) is 0 Å². The molecule has 0 atom stereocenters. The van der Waals surface area contributed by atoms with Crippen molar-refractivity contribution in [2.24, 2.45) is 0 Å². The molecule has 2 rings (SSSR count). The molecular weight excluding hydrogens is 228 g/mol. The van der Waals surface area contributed by atoms with Gasteiger partial charge in [-0.25, -0.2) is 0 Å². The number of aryl methyl sites for hydroxylation is 1. The van der Waals surface area contributed by atoms with Gasteiger partial charge < -0.3 is 15.2 Å². The molecule has 0 aromatic heterocycles. The SMILES string of the molecule is COc1c(CCO)cc(C)c(C#N)c1C1CNC1. The highest BCUT2D eigenvalue weighted by atomic mass is 16.5. The minimum absolute atomic E-state index is 0.0874. The van der Waals surface area contributed by atoms with Gasteiger partial charge in [0, 0.05) is 31.2 Å². The largest absolute Gasteiger partial charge is 0.496 e. The summed E-state index contributed by atoms with van der Waals surface area (Å²) >= 11 is 0. The summed E-state index contributed by atoms with van der Waals surface area (Å²) in [7, 11) is 1.63. The maximum Gasteiger partial charge on any atom is 0.127 e. The van der Waals surface area contributed by atoms with Crippen molar-refractivity contribution in [3.05, 3.63) is 28.3 Å². The minimum atomic E-state index is 0.0874. The van der Waals surface area contributed by atoms with Crippen molar-refractivity contribution in [1.82, 2.24) is 5.32 Å². The number of aliphatic hydroxyl groups is 1. The van der Waals surface area contributed by atoms with Crippen molar-refractivity contribution >= 4 is 0 Å². The van der Waals surface area contributed by atoms with Crippen LogP contribution in [-0.2, 0) is 6.42 Å². The van der Waals surface area contributed by atoms with Crippen LogP contribution in [0.1, 0.15) is 28.2 Å².